The van der Waals surface area contributed by atoms with E-state index in [1.807, 2.05) is 67.8 Å². The van der Waals surface area contributed by atoms with Crippen LogP contribution in [0.1, 0.15) is 41.5 Å². The first-order chi connectivity index (χ1) is 8.54. The van der Waals surface area contributed by atoms with Crippen LogP contribution >= 0.6 is 67.8 Å². The van der Waals surface area contributed by atoms with Crippen molar-refractivity contribution in [3.8, 4) is 0 Å². The molecular formula is C12H11I3O4. The molecule has 4 nitrogen and oxygen atoms in total. The third kappa shape index (κ3) is 4.41. The molecule has 7 heteroatoms. The summed E-state index contributed by atoms with van der Waals surface area (Å²) in [5, 5.41) is 9.10. The van der Waals surface area contributed by atoms with Gasteiger partial charge in [-0.15, -0.1) is 0 Å². The van der Waals surface area contributed by atoms with E-state index in [4.69, 9.17) is 9.84 Å². The molecule has 0 atom stereocenters. The van der Waals surface area contributed by atoms with E-state index in [9.17, 15) is 9.59 Å². The second-order valence-electron chi connectivity index (χ2n) is 4.72. The fraction of sp³-hybridized carbons (Fsp3) is 0.333. The van der Waals surface area contributed by atoms with E-state index in [1.165, 1.54) is 6.07 Å². The second kappa shape index (κ2) is 6.41. The van der Waals surface area contributed by atoms with Crippen molar-refractivity contribution < 1.29 is 19.4 Å². The predicted molar refractivity (Wildman–Crippen MR) is 96.7 cm³/mol. The lowest BCUT2D eigenvalue weighted by Crippen LogP contribution is -2.25. The molecule has 0 bridgehead atoms. The number of halogens is 3. The third-order valence-electron chi connectivity index (χ3n) is 1.99. The molecule has 0 saturated carbocycles. The molecule has 0 radical (unpaired) electrons. The first-order valence-electron chi connectivity index (χ1n) is 5.18. The van der Waals surface area contributed by atoms with Gasteiger partial charge >= 0.3 is 11.9 Å². The summed E-state index contributed by atoms with van der Waals surface area (Å²) in [6.45, 7) is 5.38. The summed E-state index contributed by atoms with van der Waals surface area (Å²) in [4.78, 5) is 23.3. The summed E-state index contributed by atoms with van der Waals surface area (Å²) in [7, 11) is 0. The largest absolute Gasteiger partial charge is 0.478 e. The highest BCUT2D eigenvalue weighted by molar-refractivity contribution is 14.1. The Labute approximate surface area is 152 Å². The Morgan fingerprint density at radius 2 is 1.68 bits per heavy atom. The number of aromatic carboxylic acids is 1. The zero-order valence-electron chi connectivity index (χ0n) is 10.4. The minimum atomic E-state index is -1.00. The molecule has 0 aliphatic carbocycles. The maximum atomic E-state index is 12.2. The van der Waals surface area contributed by atoms with Crippen molar-refractivity contribution in [1.82, 2.24) is 0 Å². The molecule has 104 valence electrons. The van der Waals surface area contributed by atoms with Crippen molar-refractivity contribution in [2.75, 3.05) is 0 Å². The zero-order valence-corrected chi connectivity index (χ0v) is 16.9. The second-order valence-corrected chi connectivity index (χ2v) is 8.04. The van der Waals surface area contributed by atoms with Gasteiger partial charge in [0, 0.05) is 10.7 Å². The maximum Gasteiger partial charge on any atom is 0.340 e. The van der Waals surface area contributed by atoms with Gasteiger partial charge in [-0.1, -0.05) is 0 Å². The van der Waals surface area contributed by atoms with Crippen molar-refractivity contribution in [2.24, 2.45) is 0 Å². The molecule has 1 aromatic rings. The zero-order chi connectivity index (χ0) is 15.0. The van der Waals surface area contributed by atoms with E-state index >= 15 is 0 Å². The Bertz CT molecular complexity index is 547. The number of carbonyl (C=O) groups excluding carboxylic acids is 1. The van der Waals surface area contributed by atoms with Crippen LogP contribution in [-0.2, 0) is 4.74 Å². The van der Waals surface area contributed by atoms with Crippen LogP contribution in [0.2, 0.25) is 0 Å². The maximum absolute atomic E-state index is 12.2. The van der Waals surface area contributed by atoms with Crippen LogP contribution in [0.4, 0.5) is 0 Å². The van der Waals surface area contributed by atoms with E-state index in [0.717, 1.165) is 0 Å². The molecule has 1 aromatic carbocycles. The first-order valence-corrected chi connectivity index (χ1v) is 8.42. The van der Waals surface area contributed by atoms with Gasteiger partial charge in [-0.3, -0.25) is 0 Å². The molecule has 0 aliphatic rings. The van der Waals surface area contributed by atoms with Crippen LogP contribution in [0, 0.1) is 10.7 Å². The minimum Gasteiger partial charge on any atom is -0.478 e. The number of esters is 1. The van der Waals surface area contributed by atoms with E-state index < -0.39 is 17.5 Å². The highest BCUT2D eigenvalue weighted by atomic mass is 127. The topological polar surface area (TPSA) is 63.6 Å². The van der Waals surface area contributed by atoms with Gasteiger partial charge in [0.05, 0.1) is 11.1 Å². The minimum absolute atomic E-state index is 0.196. The van der Waals surface area contributed by atoms with Gasteiger partial charge in [0.1, 0.15) is 5.60 Å². The fourth-order valence-corrected chi connectivity index (χ4v) is 4.04. The SMILES string of the molecule is CC(C)(C)OC(=O)c1c(I)cc(C(=O)O)c(I)c1I. The van der Waals surface area contributed by atoms with Crippen LogP contribution in [0.25, 0.3) is 0 Å². The summed E-state index contributed by atoms with van der Waals surface area (Å²) in [5.74, 6) is -1.44. The van der Waals surface area contributed by atoms with E-state index in [0.29, 0.717) is 16.3 Å². The van der Waals surface area contributed by atoms with Crippen LogP contribution in [0.15, 0.2) is 6.07 Å². The van der Waals surface area contributed by atoms with Crippen molar-refractivity contribution in [1.29, 1.82) is 0 Å². The van der Waals surface area contributed by atoms with Crippen molar-refractivity contribution in [2.45, 2.75) is 26.4 Å². The van der Waals surface area contributed by atoms with Crippen LogP contribution in [-0.4, -0.2) is 22.6 Å². The first kappa shape index (κ1) is 17.4. The molecule has 0 aliphatic heterocycles. The Morgan fingerprint density at radius 3 is 2.11 bits per heavy atom. The normalized spacial score (nSPS) is 11.3. The fourth-order valence-electron chi connectivity index (χ4n) is 1.27. The third-order valence-corrected chi connectivity index (χ3v) is 6.07. The van der Waals surface area contributed by atoms with Gasteiger partial charge in [-0.2, -0.15) is 0 Å². The average molecular weight is 600 g/mol. The molecule has 0 unspecified atom stereocenters. The van der Waals surface area contributed by atoms with Crippen molar-refractivity contribution >= 4 is 79.7 Å². The Hall–Kier alpha value is 0.350. The average Bonchev–Trinajstić information content (AvgIpc) is 2.20. The monoisotopic (exact) mass is 600 g/mol. The molecule has 0 aromatic heterocycles. The Balaban J connectivity index is 3.35. The predicted octanol–water partition coefficient (Wildman–Crippen LogP) is 4.15. The van der Waals surface area contributed by atoms with Gasteiger partial charge < -0.3 is 9.84 Å². The number of rotatable bonds is 2. The Morgan fingerprint density at radius 1 is 1.16 bits per heavy atom. The van der Waals surface area contributed by atoms with E-state index in [-0.39, 0.29) is 5.56 Å². The number of carbonyl (C=O) groups is 2. The smallest absolute Gasteiger partial charge is 0.340 e. The number of ether oxygens (including phenoxy) is 1. The van der Waals surface area contributed by atoms with Crippen molar-refractivity contribution in [3.63, 3.8) is 0 Å². The van der Waals surface area contributed by atoms with Gasteiger partial charge in [0.15, 0.2) is 0 Å². The van der Waals surface area contributed by atoms with Crippen LogP contribution in [0.5, 0.6) is 0 Å². The highest BCUT2D eigenvalue weighted by Gasteiger charge is 2.26. The summed E-state index contributed by atoms with van der Waals surface area (Å²) in [6, 6.07) is 1.49. The number of hydrogen-bond donors (Lipinski definition) is 1. The van der Waals surface area contributed by atoms with E-state index in [1.54, 1.807) is 20.8 Å². The number of carboxylic acid groups (broad SMARTS) is 1. The summed E-state index contributed by atoms with van der Waals surface area (Å²) in [5.41, 5.74) is 0.0346. The summed E-state index contributed by atoms with van der Waals surface area (Å²) >= 11 is 5.87. The molecule has 0 saturated heterocycles. The van der Waals surface area contributed by atoms with Gasteiger partial charge in [0.2, 0.25) is 0 Å². The lowest BCUT2D eigenvalue weighted by Gasteiger charge is -2.21. The molecule has 1 rings (SSSR count). The number of carboxylic acids is 1. The summed E-state index contributed by atoms with van der Waals surface area (Å²) < 4.78 is 7.08. The highest BCUT2D eigenvalue weighted by Crippen LogP contribution is 2.29. The van der Waals surface area contributed by atoms with Gasteiger partial charge in [0.25, 0.3) is 0 Å². The number of benzene rings is 1. The number of hydrogen-bond acceptors (Lipinski definition) is 3. The molecule has 0 spiro atoms. The quantitative estimate of drug-likeness (QED) is 0.315. The van der Waals surface area contributed by atoms with E-state index in [2.05, 4.69) is 0 Å². The lowest BCUT2D eigenvalue weighted by atomic mass is 10.1. The van der Waals surface area contributed by atoms with Crippen LogP contribution in [0.3, 0.4) is 0 Å². The molecule has 19 heavy (non-hydrogen) atoms. The molecule has 1 N–H and O–H groups in total. The van der Waals surface area contributed by atoms with Gasteiger partial charge in [-0.25, -0.2) is 9.59 Å². The Kier molecular flexibility index (Phi) is 5.87. The standard InChI is InChI=1S/C12H11I3O4/c1-12(2,3)19-11(18)7-6(13)4-5(10(16)17)8(14)9(7)15/h4H,1-3H3,(H,16,17). The molecule has 0 heterocycles. The lowest BCUT2D eigenvalue weighted by molar-refractivity contribution is 0.00665. The molecule has 0 fully saturated rings. The van der Waals surface area contributed by atoms with Gasteiger partial charge in [-0.05, 0) is 94.6 Å². The van der Waals surface area contributed by atoms with Crippen LogP contribution < -0.4 is 0 Å². The molecule has 0 amide bonds. The molecular weight excluding hydrogens is 589 g/mol. The summed E-state index contributed by atoms with van der Waals surface area (Å²) in [6.07, 6.45) is 0. The van der Waals surface area contributed by atoms with Crippen molar-refractivity contribution in [3.05, 3.63) is 27.9 Å².